The molecule has 2 N–H and O–H groups in total. The third-order valence-electron chi connectivity index (χ3n) is 3.65. The lowest BCUT2D eigenvalue weighted by Gasteiger charge is -2.42. The molecule has 2 aliphatic rings. The fourth-order valence-corrected chi connectivity index (χ4v) is 2.85. The molecule has 0 aromatic heterocycles. The van der Waals surface area contributed by atoms with E-state index in [1.807, 2.05) is 0 Å². The van der Waals surface area contributed by atoms with Crippen molar-refractivity contribution in [1.29, 1.82) is 0 Å². The SMILES string of the molecule is C=C(C)N(C1C=NCCC1)C1CCC=CC1N. The minimum atomic E-state index is 0.121. The van der Waals surface area contributed by atoms with Gasteiger partial charge in [-0.15, -0.1) is 0 Å². The predicted molar refractivity (Wildman–Crippen MR) is 73.2 cm³/mol. The van der Waals surface area contributed by atoms with Gasteiger partial charge in [0.1, 0.15) is 0 Å². The van der Waals surface area contributed by atoms with Crippen molar-refractivity contribution in [2.45, 2.75) is 50.7 Å². The zero-order valence-electron chi connectivity index (χ0n) is 10.7. The Bertz CT molecular complexity index is 332. The molecule has 3 unspecified atom stereocenters. The van der Waals surface area contributed by atoms with E-state index < -0.39 is 0 Å². The Morgan fingerprint density at radius 1 is 1.47 bits per heavy atom. The molecule has 1 aliphatic heterocycles. The molecule has 0 saturated heterocycles. The van der Waals surface area contributed by atoms with Gasteiger partial charge >= 0.3 is 0 Å². The fourth-order valence-electron chi connectivity index (χ4n) is 2.85. The van der Waals surface area contributed by atoms with Gasteiger partial charge < -0.3 is 10.6 Å². The van der Waals surface area contributed by atoms with Crippen LogP contribution in [-0.2, 0) is 0 Å². The van der Waals surface area contributed by atoms with Gasteiger partial charge in [0, 0.05) is 30.5 Å². The van der Waals surface area contributed by atoms with Crippen molar-refractivity contribution in [3.8, 4) is 0 Å². The van der Waals surface area contributed by atoms with Crippen molar-refractivity contribution in [1.82, 2.24) is 4.90 Å². The number of nitrogens with zero attached hydrogens (tertiary/aromatic N) is 2. The largest absolute Gasteiger partial charge is 0.363 e. The van der Waals surface area contributed by atoms with Crippen molar-refractivity contribution in [3.05, 3.63) is 24.4 Å². The highest BCUT2D eigenvalue weighted by Gasteiger charge is 2.29. The van der Waals surface area contributed by atoms with Crippen LogP contribution < -0.4 is 5.73 Å². The molecule has 17 heavy (non-hydrogen) atoms. The van der Waals surface area contributed by atoms with Crippen LogP contribution in [-0.4, -0.2) is 35.8 Å². The van der Waals surface area contributed by atoms with Crippen LogP contribution in [0.1, 0.15) is 32.6 Å². The minimum absolute atomic E-state index is 0.121. The molecule has 0 amide bonds. The normalized spacial score (nSPS) is 32.5. The molecule has 0 spiro atoms. The summed E-state index contributed by atoms with van der Waals surface area (Å²) in [7, 11) is 0. The molecule has 3 atom stereocenters. The third-order valence-corrected chi connectivity index (χ3v) is 3.65. The maximum Gasteiger partial charge on any atom is 0.0641 e. The second-order valence-electron chi connectivity index (χ2n) is 5.06. The number of hydrogen-bond acceptors (Lipinski definition) is 3. The molecule has 0 radical (unpaired) electrons. The molecule has 2 rings (SSSR count). The van der Waals surface area contributed by atoms with Crippen LogP contribution in [0, 0.1) is 0 Å². The fraction of sp³-hybridized carbons (Fsp3) is 0.643. The van der Waals surface area contributed by atoms with Crippen molar-refractivity contribution >= 4 is 6.21 Å². The van der Waals surface area contributed by atoms with Crippen LogP contribution in [0.25, 0.3) is 0 Å². The van der Waals surface area contributed by atoms with Crippen LogP contribution >= 0.6 is 0 Å². The molecule has 0 aromatic carbocycles. The molecule has 1 aliphatic carbocycles. The Labute approximate surface area is 104 Å². The number of rotatable bonds is 3. The zero-order chi connectivity index (χ0) is 12.3. The summed E-state index contributed by atoms with van der Waals surface area (Å²) >= 11 is 0. The number of aliphatic imine (C=N–C) groups is 1. The van der Waals surface area contributed by atoms with E-state index in [0.29, 0.717) is 12.1 Å². The van der Waals surface area contributed by atoms with Gasteiger partial charge in [0.2, 0.25) is 0 Å². The highest BCUT2D eigenvalue weighted by atomic mass is 15.2. The topological polar surface area (TPSA) is 41.6 Å². The van der Waals surface area contributed by atoms with Gasteiger partial charge in [-0.2, -0.15) is 0 Å². The van der Waals surface area contributed by atoms with Gasteiger partial charge in [-0.25, -0.2) is 0 Å². The summed E-state index contributed by atoms with van der Waals surface area (Å²) in [5, 5.41) is 0. The van der Waals surface area contributed by atoms with E-state index in [1.54, 1.807) is 0 Å². The van der Waals surface area contributed by atoms with Gasteiger partial charge in [-0.1, -0.05) is 18.7 Å². The second kappa shape index (κ2) is 5.50. The first-order chi connectivity index (χ1) is 8.20. The smallest absolute Gasteiger partial charge is 0.0641 e. The molecule has 3 heteroatoms. The van der Waals surface area contributed by atoms with E-state index in [0.717, 1.165) is 25.1 Å². The maximum atomic E-state index is 6.21. The highest BCUT2D eigenvalue weighted by molar-refractivity contribution is 5.65. The number of allylic oxidation sites excluding steroid dienone is 2. The van der Waals surface area contributed by atoms with E-state index in [2.05, 4.69) is 41.8 Å². The summed E-state index contributed by atoms with van der Waals surface area (Å²) in [6.07, 6.45) is 11.0. The Hall–Kier alpha value is -1.09. The summed E-state index contributed by atoms with van der Waals surface area (Å²) in [4.78, 5) is 6.80. The van der Waals surface area contributed by atoms with Crippen molar-refractivity contribution in [2.75, 3.05) is 6.54 Å². The molecule has 94 valence electrons. The lowest BCUT2D eigenvalue weighted by atomic mass is 9.93. The summed E-state index contributed by atoms with van der Waals surface area (Å²) in [5.74, 6) is 0. The molecule has 0 aromatic rings. The Morgan fingerprint density at radius 3 is 2.88 bits per heavy atom. The number of nitrogens with two attached hydrogens (primary N) is 1. The van der Waals surface area contributed by atoms with Gasteiger partial charge in [0.25, 0.3) is 0 Å². The van der Waals surface area contributed by atoms with Gasteiger partial charge in [0.15, 0.2) is 0 Å². The molecule has 0 saturated carbocycles. The maximum absolute atomic E-state index is 6.21. The molecular formula is C14H23N3. The van der Waals surface area contributed by atoms with Crippen LogP contribution in [0.5, 0.6) is 0 Å². The monoisotopic (exact) mass is 233 g/mol. The molecular weight excluding hydrogens is 210 g/mol. The van der Waals surface area contributed by atoms with E-state index >= 15 is 0 Å². The van der Waals surface area contributed by atoms with Crippen molar-refractivity contribution < 1.29 is 0 Å². The average Bonchev–Trinajstić information content (AvgIpc) is 2.33. The van der Waals surface area contributed by atoms with Crippen LogP contribution in [0.3, 0.4) is 0 Å². The predicted octanol–water partition coefficient (Wildman–Crippen LogP) is 2.10. The van der Waals surface area contributed by atoms with Crippen LogP contribution in [0.4, 0.5) is 0 Å². The average molecular weight is 233 g/mol. The quantitative estimate of drug-likeness (QED) is 0.758. The summed E-state index contributed by atoms with van der Waals surface area (Å²) in [6.45, 7) is 7.17. The molecule has 1 heterocycles. The van der Waals surface area contributed by atoms with Gasteiger partial charge in [0.05, 0.1) is 6.04 Å². The summed E-state index contributed by atoms with van der Waals surface area (Å²) < 4.78 is 0. The van der Waals surface area contributed by atoms with E-state index in [9.17, 15) is 0 Å². The molecule has 0 bridgehead atoms. The first-order valence-electron chi connectivity index (χ1n) is 6.56. The van der Waals surface area contributed by atoms with E-state index in [1.165, 1.54) is 12.8 Å². The Balaban J connectivity index is 2.16. The summed E-state index contributed by atoms with van der Waals surface area (Å²) in [5.41, 5.74) is 7.32. The molecule has 0 fully saturated rings. The Kier molecular flexibility index (Phi) is 4.00. The molecule has 3 nitrogen and oxygen atoms in total. The van der Waals surface area contributed by atoms with Crippen LogP contribution in [0.15, 0.2) is 29.4 Å². The zero-order valence-corrected chi connectivity index (χ0v) is 10.7. The first kappa shape index (κ1) is 12.4. The highest BCUT2D eigenvalue weighted by Crippen LogP contribution is 2.25. The minimum Gasteiger partial charge on any atom is -0.363 e. The van der Waals surface area contributed by atoms with Crippen LogP contribution in [0.2, 0.25) is 0 Å². The third kappa shape index (κ3) is 2.78. The van der Waals surface area contributed by atoms with E-state index in [4.69, 9.17) is 5.73 Å². The van der Waals surface area contributed by atoms with Crippen molar-refractivity contribution in [2.24, 2.45) is 10.7 Å². The number of hydrogen-bond donors (Lipinski definition) is 1. The summed E-state index contributed by atoms with van der Waals surface area (Å²) in [6, 6.07) is 0.895. The standard InChI is InChI=1S/C14H23N3/c1-11(2)17(12-6-5-9-16-10-12)14-8-4-3-7-13(14)15/h3,7,10,12-14H,1,4-6,8-9,15H2,2H3. The lowest BCUT2D eigenvalue weighted by Crippen LogP contribution is -2.52. The van der Waals surface area contributed by atoms with E-state index in [-0.39, 0.29) is 6.04 Å². The Morgan fingerprint density at radius 2 is 2.29 bits per heavy atom. The lowest BCUT2D eigenvalue weighted by molar-refractivity contribution is 0.187. The second-order valence-corrected chi connectivity index (χ2v) is 5.06. The van der Waals surface area contributed by atoms with Crippen molar-refractivity contribution in [3.63, 3.8) is 0 Å². The van der Waals surface area contributed by atoms with Gasteiger partial charge in [-0.3, -0.25) is 4.99 Å². The van der Waals surface area contributed by atoms with Gasteiger partial charge in [-0.05, 0) is 32.6 Å². The first-order valence-corrected chi connectivity index (χ1v) is 6.56.